The summed E-state index contributed by atoms with van der Waals surface area (Å²) in [6.07, 6.45) is 2.19. The Morgan fingerprint density at radius 1 is 1.12 bits per heavy atom. The van der Waals surface area contributed by atoms with E-state index in [4.69, 9.17) is 23.2 Å². The highest BCUT2D eigenvalue weighted by atomic mass is 35.5. The van der Waals surface area contributed by atoms with E-state index >= 15 is 0 Å². The summed E-state index contributed by atoms with van der Waals surface area (Å²) in [5.41, 5.74) is 0. The van der Waals surface area contributed by atoms with Crippen LogP contribution >= 0.6 is 23.2 Å². The van der Waals surface area contributed by atoms with Crippen molar-refractivity contribution in [3.8, 4) is 0 Å². The predicted molar refractivity (Wildman–Crippen MR) is 37.7 cm³/mol. The molecule has 2 heteroatoms. The summed E-state index contributed by atoms with van der Waals surface area (Å²) < 4.78 is 0. The Labute approximate surface area is 60.2 Å². The summed E-state index contributed by atoms with van der Waals surface area (Å²) in [6, 6.07) is 0. The second-order valence-electron chi connectivity index (χ2n) is 2.61. The van der Waals surface area contributed by atoms with Crippen LogP contribution in [0.2, 0.25) is 0 Å². The minimum atomic E-state index is 0.228. The van der Waals surface area contributed by atoms with Gasteiger partial charge in [-0.15, -0.1) is 23.2 Å². The van der Waals surface area contributed by atoms with E-state index in [-0.39, 0.29) is 10.8 Å². The molecule has 2 unspecified atom stereocenters. The van der Waals surface area contributed by atoms with Gasteiger partial charge in [0.25, 0.3) is 0 Å². The van der Waals surface area contributed by atoms with Crippen LogP contribution in [0.4, 0.5) is 0 Å². The zero-order chi connectivity index (χ0) is 6.15. The van der Waals surface area contributed by atoms with E-state index in [2.05, 4.69) is 6.92 Å². The van der Waals surface area contributed by atoms with E-state index < -0.39 is 0 Å². The van der Waals surface area contributed by atoms with Gasteiger partial charge < -0.3 is 0 Å². The van der Waals surface area contributed by atoms with Crippen LogP contribution in [-0.2, 0) is 0 Å². The Morgan fingerprint density at radius 2 is 1.50 bits per heavy atom. The van der Waals surface area contributed by atoms with Gasteiger partial charge in [-0.2, -0.15) is 0 Å². The van der Waals surface area contributed by atoms with Crippen molar-refractivity contribution in [2.75, 3.05) is 0 Å². The van der Waals surface area contributed by atoms with Gasteiger partial charge in [0.1, 0.15) is 0 Å². The maximum absolute atomic E-state index is 5.83. The van der Waals surface area contributed by atoms with Crippen LogP contribution in [0.1, 0.15) is 19.8 Å². The molecule has 0 aromatic carbocycles. The first-order valence-corrected chi connectivity index (χ1v) is 3.85. The lowest BCUT2D eigenvalue weighted by molar-refractivity contribution is 0.614. The normalized spacial score (nSPS) is 47.6. The van der Waals surface area contributed by atoms with E-state index in [1.807, 2.05) is 0 Å². The lowest BCUT2D eigenvalue weighted by Gasteiger charge is -1.99. The minimum absolute atomic E-state index is 0.228. The standard InChI is InChI=1S/C6H10Cl2/c1-4-2-5(7)6(8)3-4/h4-6H,2-3H2,1H3. The first kappa shape index (κ1) is 6.70. The third kappa shape index (κ3) is 1.29. The van der Waals surface area contributed by atoms with Gasteiger partial charge in [0.05, 0.1) is 10.8 Å². The van der Waals surface area contributed by atoms with Gasteiger partial charge >= 0.3 is 0 Å². The summed E-state index contributed by atoms with van der Waals surface area (Å²) in [5.74, 6) is 0.736. The van der Waals surface area contributed by atoms with Crippen LogP contribution in [0.5, 0.6) is 0 Å². The first-order chi connectivity index (χ1) is 3.70. The summed E-state index contributed by atoms with van der Waals surface area (Å²) >= 11 is 11.7. The molecule has 0 radical (unpaired) electrons. The molecule has 1 aliphatic carbocycles. The lowest BCUT2D eigenvalue weighted by atomic mass is 10.1. The van der Waals surface area contributed by atoms with Crippen LogP contribution < -0.4 is 0 Å². The van der Waals surface area contributed by atoms with Crippen LogP contribution in [-0.4, -0.2) is 10.8 Å². The molecule has 1 fully saturated rings. The highest BCUT2D eigenvalue weighted by Crippen LogP contribution is 2.32. The molecular formula is C6H10Cl2. The summed E-state index contributed by atoms with van der Waals surface area (Å²) in [7, 11) is 0. The van der Waals surface area contributed by atoms with Crippen LogP contribution in [0.3, 0.4) is 0 Å². The molecule has 0 spiro atoms. The van der Waals surface area contributed by atoms with Crippen molar-refractivity contribution in [1.29, 1.82) is 0 Å². The van der Waals surface area contributed by atoms with Gasteiger partial charge in [-0.3, -0.25) is 0 Å². The first-order valence-electron chi connectivity index (χ1n) is 2.98. The molecule has 0 amide bonds. The van der Waals surface area contributed by atoms with E-state index in [1.165, 1.54) is 0 Å². The van der Waals surface area contributed by atoms with Crippen molar-refractivity contribution < 1.29 is 0 Å². The van der Waals surface area contributed by atoms with Gasteiger partial charge in [-0.05, 0) is 18.8 Å². The van der Waals surface area contributed by atoms with Gasteiger partial charge in [-0.1, -0.05) is 6.92 Å². The Bertz CT molecular complexity index is 72.6. The Morgan fingerprint density at radius 3 is 1.62 bits per heavy atom. The molecule has 0 aromatic heterocycles. The summed E-state index contributed by atoms with van der Waals surface area (Å²) in [4.78, 5) is 0. The van der Waals surface area contributed by atoms with E-state index in [9.17, 15) is 0 Å². The average Bonchev–Trinajstić information content (AvgIpc) is 1.85. The highest BCUT2D eigenvalue weighted by Gasteiger charge is 2.28. The van der Waals surface area contributed by atoms with Crippen molar-refractivity contribution in [3.05, 3.63) is 0 Å². The van der Waals surface area contributed by atoms with Crippen molar-refractivity contribution >= 4 is 23.2 Å². The van der Waals surface area contributed by atoms with E-state index in [0.29, 0.717) is 0 Å². The molecule has 0 aliphatic heterocycles. The molecule has 0 aromatic rings. The quantitative estimate of drug-likeness (QED) is 0.469. The molecule has 0 heterocycles. The SMILES string of the molecule is CC1CC(Cl)C(Cl)C1. The molecule has 0 nitrogen and oxygen atoms in total. The van der Waals surface area contributed by atoms with Gasteiger partial charge in [-0.25, -0.2) is 0 Å². The van der Waals surface area contributed by atoms with Gasteiger partial charge in [0.15, 0.2) is 0 Å². The molecular weight excluding hydrogens is 143 g/mol. The van der Waals surface area contributed by atoms with Crippen molar-refractivity contribution in [3.63, 3.8) is 0 Å². The van der Waals surface area contributed by atoms with Crippen molar-refractivity contribution in [2.45, 2.75) is 30.5 Å². The van der Waals surface area contributed by atoms with Crippen LogP contribution in [0.25, 0.3) is 0 Å². The second kappa shape index (κ2) is 2.45. The number of alkyl halides is 2. The molecule has 0 bridgehead atoms. The van der Waals surface area contributed by atoms with Crippen molar-refractivity contribution in [2.24, 2.45) is 5.92 Å². The zero-order valence-corrected chi connectivity index (χ0v) is 6.41. The minimum Gasteiger partial charge on any atom is -0.121 e. The van der Waals surface area contributed by atoms with Gasteiger partial charge in [0.2, 0.25) is 0 Å². The average molecular weight is 153 g/mol. The van der Waals surface area contributed by atoms with Crippen LogP contribution in [0, 0.1) is 5.92 Å². The molecule has 2 atom stereocenters. The number of halogens is 2. The maximum Gasteiger partial charge on any atom is 0.0502 e. The van der Waals surface area contributed by atoms with Crippen molar-refractivity contribution in [1.82, 2.24) is 0 Å². The predicted octanol–water partition coefficient (Wildman–Crippen LogP) is 2.63. The largest absolute Gasteiger partial charge is 0.121 e. The molecule has 1 aliphatic rings. The topological polar surface area (TPSA) is 0 Å². The summed E-state index contributed by atoms with van der Waals surface area (Å²) in [6.45, 7) is 2.19. The Hall–Kier alpha value is 0.580. The maximum atomic E-state index is 5.83. The van der Waals surface area contributed by atoms with E-state index in [0.717, 1.165) is 18.8 Å². The molecule has 1 rings (SSSR count). The third-order valence-electron chi connectivity index (χ3n) is 1.65. The second-order valence-corrected chi connectivity index (χ2v) is 3.73. The highest BCUT2D eigenvalue weighted by molar-refractivity contribution is 6.30. The fourth-order valence-electron chi connectivity index (χ4n) is 1.16. The monoisotopic (exact) mass is 152 g/mol. The van der Waals surface area contributed by atoms with E-state index in [1.54, 1.807) is 0 Å². The number of hydrogen-bond acceptors (Lipinski definition) is 0. The van der Waals surface area contributed by atoms with Gasteiger partial charge in [0, 0.05) is 0 Å². The lowest BCUT2D eigenvalue weighted by Crippen LogP contribution is -2.03. The molecule has 0 saturated heterocycles. The fraction of sp³-hybridized carbons (Fsp3) is 1.00. The number of hydrogen-bond donors (Lipinski definition) is 0. The fourth-order valence-corrected chi connectivity index (χ4v) is 1.97. The zero-order valence-electron chi connectivity index (χ0n) is 4.90. The molecule has 1 saturated carbocycles. The molecule has 48 valence electrons. The Balaban J connectivity index is 2.39. The smallest absolute Gasteiger partial charge is 0.0502 e. The Kier molecular flexibility index (Phi) is 2.05. The summed E-state index contributed by atoms with van der Waals surface area (Å²) in [5, 5.41) is 0.457. The molecule has 0 N–H and O–H groups in total. The van der Waals surface area contributed by atoms with Crippen LogP contribution in [0.15, 0.2) is 0 Å². The number of rotatable bonds is 0. The third-order valence-corrected chi connectivity index (χ3v) is 2.74. The molecule has 8 heavy (non-hydrogen) atoms.